The van der Waals surface area contributed by atoms with E-state index in [1.807, 2.05) is 0 Å². The van der Waals surface area contributed by atoms with Gasteiger partial charge in [-0.3, -0.25) is 19.7 Å². The van der Waals surface area contributed by atoms with E-state index in [2.05, 4.69) is 10.6 Å². The summed E-state index contributed by atoms with van der Waals surface area (Å²) in [7, 11) is 0. The fraction of sp³-hybridized carbons (Fsp3) is 0.273. The fourth-order valence-corrected chi connectivity index (χ4v) is 1.76. The summed E-state index contributed by atoms with van der Waals surface area (Å²) in [5.74, 6) is -1.04. The van der Waals surface area contributed by atoms with E-state index in [0.29, 0.717) is 0 Å². The third-order valence-corrected chi connectivity index (χ3v) is 2.71. The van der Waals surface area contributed by atoms with Crippen molar-refractivity contribution in [3.8, 4) is 0 Å². The molecular formula is C11H11N3O4. The van der Waals surface area contributed by atoms with Crippen molar-refractivity contribution in [3.63, 3.8) is 0 Å². The molecule has 1 saturated heterocycles. The van der Waals surface area contributed by atoms with Crippen LogP contribution in [-0.2, 0) is 9.59 Å². The largest absolute Gasteiger partial charge is 0.355 e. The van der Waals surface area contributed by atoms with E-state index in [-0.39, 0.29) is 36.2 Å². The van der Waals surface area contributed by atoms with Gasteiger partial charge in [-0.2, -0.15) is 0 Å². The van der Waals surface area contributed by atoms with E-state index >= 15 is 0 Å². The molecule has 7 heteroatoms. The molecule has 0 bridgehead atoms. The number of nitrogens with one attached hydrogen (secondary N) is 2. The van der Waals surface area contributed by atoms with Gasteiger partial charge in [-0.05, 0) is 6.07 Å². The third-order valence-electron chi connectivity index (χ3n) is 2.71. The van der Waals surface area contributed by atoms with Gasteiger partial charge in [0.05, 0.1) is 10.8 Å². The van der Waals surface area contributed by atoms with E-state index in [9.17, 15) is 19.7 Å². The first-order valence-corrected chi connectivity index (χ1v) is 5.39. The molecule has 0 saturated carbocycles. The van der Waals surface area contributed by atoms with Crippen LogP contribution in [0.1, 0.15) is 6.42 Å². The maximum atomic E-state index is 11.8. The predicted molar refractivity (Wildman–Crippen MR) is 62.8 cm³/mol. The number of nitro groups is 1. The predicted octanol–water partition coefficient (Wildman–Crippen LogP) is 0.669. The molecular weight excluding hydrogens is 238 g/mol. The second-order valence-electron chi connectivity index (χ2n) is 3.97. The van der Waals surface area contributed by atoms with Gasteiger partial charge < -0.3 is 10.6 Å². The fourth-order valence-electron chi connectivity index (χ4n) is 1.76. The minimum absolute atomic E-state index is 0.118. The van der Waals surface area contributed by atoms with Crippen LogP contribution in [0.25, 0.3) is 0 Å². The molecule has 0 aromatic heterocycles. The molecule has 2 rings (SSSR count). The second kappa shape index (κ2) is 4.82. The average Bonchev–Trinajstić information content (AvgIpc) is 2.76. The maximum absolute atomic E-state index is 11.8. The maximum Gasteiger partial charge on any atom is 0.292 e. The Morgan fingerprint density at radius 3 is 2.78 bits per heavy atom. The molecule has 94 valence electrons. The van der Waals surface area contributed by atoms with Crippen molar-refractivity contribution in [1.29, 1.82) is 0 Å². The van der Waals surface area contributed by atoms with Gasteiger partial charge in [-0.1, -0.05) is 12.1 Å². The zero-order valence-electron chi connectivity index (χ0n) is 9.38. The lowest BCUT2D eigenvalue weighted by molar-refractivity contribution is -0.383. The highest BCUT2D eigenvalue weighted by atomic mass is 16.6. The molecule has 1 heterocycles. The Morgan fingerprint density at radius 1 is 1.44 bits per heavy atom. The van der Waals surface area contributed by atoms with Gasteiger partial charge in [0.25, 0.3) is 5.69 Å². The van der Waals surface area contributed by atoms with Crippen molar-refractivity contribution < 1.29 is 14.5 Å². The molecule has 2 amide bonds. The van der Waals surface area contributed by atoms with Crippen LogP contribution in [0, 0.1) is 16.0 Å². The Bertz CT molecular complexity index is 515. The van der Waals surface area contributed by atoms with Crippen LogP contribution in [0.5, 0.6) is 0 Å². The van der Waals surface area contributed by atoms with Gasteiger partial charge in [0.15, 0.2) is 0 Å². The normalized spacial score (nSPS) is 18.2. The van der Waals surface area contributed by atoms with Crippen molar-refractivity contribution in [2.75, 3.05) is 11.9 Å². The molecule has 0 radical (unpaired) electrons. The number of hydrogen-bond acceptors (Lipinski definition) is 4. The number of benzene rings is 1. The smallest absolute Gasteiger partial charge is 0.292 e. The molecule has 1 fully saturated rings. The van der Waals surface area contributed by atoms with Gasteiger partial charge in [0.2, 0.25) is 11.8 Å². The standard InChI is InChI=1S/C11H11N3O4/c15-10-5-7(6-12-10)11(16)13-8-3-1-2-4-9(8)14(17)18/h1-4,7H,5-6H2,(H,12,15)(H,13,16). The van der Waals surface area contributed by atoms with Crippen molar-refractivity contribution >= 4 is 23.2 Å². The molecule has 7 nitrogen and oxygen atoms in total. The summed E-state index contributed by atoms with van der Waals surface area (Å²) in [5, 5.41) is 15.8. The highest BCUT2D eigenvalue weighted by molar-refractivity contribution is 5.98. The minimum atomic E-state index is -0.562. The van der Waals surface area contributed by atoms with E-state index in [1.165, 1.54) is 18.2 Å². The molecule has 2 N–H and O–H groups in total. The first-order chi connectivity index (χ1) is 8.58. The number of carbonyl (C=O) groups excluding carboxylic acids is 2. The molecule has 1 aromatic rings. The number of amides is 2. The van der Waals surface area contributed by atoms with E-state index in [4.69, 9.17) is 0 Å². The highest BCUT2D eigenvalue weighted by Gasteiger charge is 2.29. The molecule has 1 aliphatic rings. The van der Waals surface area contributed by atoms with Crippen LogP contribution in [0.4, 0.5) is 11.4 Å². The Balaban J connectivity index is 2.12. The van der Waals surface area contributed by atoms with Crippen LogP contribution in [-0.4, -0.2) is 23.3 Å². The topological polar surface area (TPSA) is 101 Å². The first-order valence-electron chi connectivity index (χ1n) is 5.39. The van der Waals surface area contributed by atoms with E-state index < -0.39 is 10.8 Å². The Morgan fingerprint density at radius 2 is 2.17 bits per heavy atom. The van der Waals surface area contributed by atoms with E-state index in [1.54, 1.807) is 6.07 Å². The lowest BCUT2D eigenvalue weighted by atomic mass is 10.1. The molecule has 0 aliphatic carbocycles. The second-order valence-corrected chi connectivity index (χ2v) is 3.97. The number of para-hydroxylation sites is 2. The van der Waals surface area contributed by atoms with Crippen LogP contribution < -0.4 is 10.6 Å². The number of nitrogens with zero attached hydrogens (tertiary/aromatic N) is 1. The van der Waals surface area contributed by atoms with Crippen LogP contribution in [0.3, 0.4) is 0 Å². The molecule has 1 unspecified atom stereocenters. The first kappa shape index (κ1) is 12.0. The van der Waals surface area contributed by atoms with Crippen LogP contribution in [0.2, 0.25) is 0 Å². The number of anilines is 1. The molecule has 0 spiro atoms. The number of carbonyl (C=O) groups is 2. The molecule has 18 heavy (non-hydrogen) atoms. The quantitative estimate of drug-likeness (QED) is 0.607. The summed E-state index contributed by atoms with van der Waals surface area (Å²) in [5.41, 5.74) is -0.0185. The average molecular weight is 249 g/mol. The van der Waals surface area contributed by atoms with Crippen molar-refractivity contribution in [1.82, 2.24) is 5.32 Å². The van der Waals surface area contributed by atoms with Crippen molar-refractivity contribution in [3.05, 3.63) is 34.4 Å². The zero-order chi connectivity index (χ0) is 13.1. The number of nitro benzene ring substituents is 1. The summed E-state index contributed by atoms with van der Waals surface area (Å²) >= 11 is 0. The summed E-state index contributed by atoms with van der Waals surface area (Å²) < 4.78 is 0. The monoisotopic (exact) mass is 249 g/mol. The van der Waals surface area contributed by atoms with Crippen molar-refractivity contribution in [2.45, 2.75) is 6.42 Å². The SMILES string of the molecule is O=C1CC(C(=O)Nc2ccccc2[N+](=O)[O-])CN1. The summed E-state index contributed by atoms with van der Waals surface area (Å²) in [6.45, 7) is 0.269. The Labute approximate surface area is 102 Å². The van der Waals surface area contributed by atoms with Gasteiger partial charge >= 0.3 is 0 Å². The summed E-state index contributed by atoms with van der Waals surface area (Å²) in [4.78, 5) is 33.0. The molecule has 1 atom stereocenters. The van der Waals surface area contributed by atoms with Crippen LogP contribution >= 0.6 is 0 Å². The Kier molecular flexibility index (Phi) is 3.22. The van der Waals surface area contributed by atoms with Crippen LogP contribution in [0.15, 0.2) is 24.3 Å². The van der Waals surface area contributed by atoms with E-state index in [0.717, 1.165) is 0 Å². The number of hydrogen-bond donors (Lipinski definition) is 2. The van der Waals surface area contributed by atoms with Gasteiger partial charge in [-0.25, -0.2) is 0 Å². The summed E-state index contributed by atoms with van der Waals surface area (Å²) in [6, 6.07) is 5.89. The Hall–Kier alpha value is -2.44. The molecule has 1 aromatic carbocycles. The number of rotatable bonds is 3. The van der Waals surface area contributed by atoms with Gasteiger partial charge in [-0.15, -0.1) is 0 Å². The highest BCUT2D eigenvalue weighted by Crippen LogP contribution is 2.24. The summed E-state index contributed by atoms with van der Waals surface area (Å²) in [6.07, 6.45) is 0.118. The zero-order valence-corrected chi connectivity index (χ0v) is 9.38. The minimum Gasteiger partial charge on any atom is -0.355 e. The lowest BCUT2D eigenvalue weighted by Crippen LogP contribution is -2.25. The lowest BCUT2D eigenvalue weighted by Gasteiger charge is -2.09. The molecule has 1 aliphatic heterocycles. The van der Waals surface area contributed by atoms with Gasteiger partial charge in [0.1, 0.15) is 5.69 Å². The van der Waals surface area contributed by atoms with Crippen molar-refractivity contribution in [2.24, 2.45) is 5.92 Å². The van der Waals surface area contributed by atoms with Gasteiger partial charge in [0, 0.05) is 19.0 Å². The third kappa shape index (κ3) is 2.45.